The zero-order chi connectivity index (χ0) is 14.7. The summed E-state index contributed by atoms with van der Waals surface area (Å²) in [5.74, 6) is 0.347. The third kappa shape index (κ3) is 3.32. The summed E-state index contributed by atoms with van der Waals surface area (Å²) in [7, 11) is 1.54. The van der Waals surface area contributed by atoms with Crippen molar-refractivity contribution in [3.8, 4) is 5.75 Å². The van der Waals surface area contributed by atoms with Crippen LogP contribution in [-0.4, -0.2) is 13.0 Å². The molecule has 104 valence electrons. The highest BCUT2D eigenvalue weighted by atomic mass is 79.9. The Hall–Kier alpha value is -1.52. The van der Waals surface area contributed by atoms with Crippen LogP contribution in [0.2, 0.25) is 5.02 Å². The van der Waals surface area contributed by atoms with Crippen molar-refractivity contribution in [2.45, 2.75) is 6.92 Å². The molecule has 1 amide bonds. The van der Waals surface area contributed by atoms with Gasteiger partial charge in [-0.15, -0.1) is 0 Å². The smallest absolute Gasteiger partial charge is 0.255 e. The molecule has 0 heterocycles. The van der Waals surface area contributed by atoms with Crippen LogP contribution in [0.25, 0.3) is 0 Å². The van der Waals surface area contributed by atoms with Crippen LogP contribution in [0.15, 0.2) is 40.9 Å². The van der Waals surface area contributed by atoms with Gasteiger partial charge in [0.05, 0.1) is 12.8 Å². The summed E-state index contributed by atoms with van der Waals surface area (Å²) in [5.41, 5.74) is 2.17. The van der Waals surface area contributed by atoms with E-state index in [9.17, 15) is 4.79 Å². The summed E-state index contributed by atoms with van der Waals surface area (Å²) in [6.07, 6.45) is 0. The van der Waals surface area contributed by atoms with Gasteiger partial charge < -0.3 is 10.1 Å². The molecule has 0 aliphatic heterocycles. The SMILES string of the molecule is COc1ccc(Cl)cc1NC(=O)c1ccc(C)c(Br)c1. The van der Waals surface area contributed by atoms with Crippen molar-refractivity contribution >= 4 is 39.1 Å². The Labute approximate surface area is 131 Å². The molecule has 0 aromatic heterocycles. The number of anilines is 1. The molecule has 20 heavy (non-hydrogen) atoms. The Kier molecular flexibility index (Phi) is 4.68. The first-order valence-electron chi connectivity index (χ1n) is 5.92. The number of hydrogen-bond donors (Lipinski definition) is 1. The number of hydrogen-bond acceptors (Lipinski definition) is 2. The first kappa shape index (κ1) is 14.9. The van der Waals surface area contributed by atoms with Crippen molar-refractivity contribution in [1.29, 1.82) is 0 Å². The van der Waals surface area contributed by atoms with E-state index in [1.165, 1.54) is 0 Å². The van der Waals surface area contributed by atoms with Gasteiger partial charge in [-0.1, -0.05) is 33.6 Å². The summed E-state index contributed by atoms with van der Waals surface area (Å²) in [4.78, 5) is 12.2. The molecule has 0 atom stereocenters. The second kappa shape index (κ2) is 6.29. The molecule has 0 radical (unpaired) electrons. The van der Waals surface area contributed by atoms with E-state index in [4.69, 9.17) is 16.3 Å². The fourth-order valence-corrected chi connectivity index (χ4v) is 2.26. The maximum absolute atomic E-state index is 12.2. The Morgan fingerprint density at radius 1 is 1.25 bits per heavy atom. The molecule has 0 saturated carbocycles. The number of ether oxygens (including phenoxy) is 1. The van der Waals surface area contributed by atoms with E-state index in [1.807, 2.05) is 13.0 Å². The molecule has 0 bridgehead atoms. The molecule has 0 aliphatic rings. The highest BCUT2D eigenvalue weighted by molar-refractivity contribution is 9.10. The molecule has 2 aromatic rings. The van der Waals surface area contributed by atoms with Gasteiger partial charge in [-0.3, -0.25) is 4.79 Å². The average Bonchev–Trinajstić information content (AvgIpc) is 2.42. The van der Waals surface area contributed by atoms with Gasteiger partial charge in [0, 0.05) is 15.1 Å². The van der Waals surface area contributed by atoms with Gasteiger partial charge in [0.25, 0.3) is 5.91 Å². The van der Waals surface area contributed by atoms with Crippen molar-refractivity contribution in [3.63, 3.8) is 0 Å². The number of carbonyl (C=O) groups is 1. The Balaban J connectivity index is 2.27. The van der Waals surface area contributed by atoms with Crippen molar-refractivity contribution in [2.24, 2.45) is 0 Å². The Morgan fingerprint density at radius 2 is 2.00 bits per heavy atom. The van der Waals surface area contributed by atoms with Crippen LogP contribution in [0.1, 0.15) is 15.9 Å². The average molecular weight is 355 g/mol. The van der Waals surface area contributed by atoms with Gasteiger partial charge in [-0.25, -0.2) is 0 Å². The molecule has 0 aliphatic carbocycles. The summed E-state index contributed by atoms with van der Waals surface area (Å²) in [6, 6.07) is 10.5. The maximum Gasteiger partial charge on any atom is 0.255 e. The third-order valence-corrected chi connectivity index (χ3v) is 3.93. The van der Waals surface area contributed by atoms with Gasteiger partial charge >= 0.3 is 0 Å². The summed E-state index contributed by atoms with van der Waals surface area (Å²) in [6.45, 7) is 1.96. The number of carbonyl (C=O) groups excluding carboxylic acids is 1. The van der Waals surface area contributed by atoms with E-state index < -0.39 is 0 Å². The predicted octanol–water partition coefficient (Wildman–Crippen LogP) is 4.67. The van der Waals surface area contributed by atoms with Crippen LogP contribution in [0.3, 0.4) is 0 Å². The minimum atomic E-state index is -0.216. The van der Waals surface area contributed by atoms with Crippen LogP contribution in [0, 0.1) is 6.92 Å². The summed E-state index contributed by atoms with van der Waals surface area (Å²) in [5, 5.41) is 3.33. The standard InChI is InChI=1S/C15H13BrClNO2/c1-9-3-4-10(7-12(9)16)15(19)18-13-8-11(17)5-6-14(13)20-2/h3-8H,1-2H3,(H,18,19). The first-order chi connectivity index (χ1) is 9.51. The van der Waals surface area contributed by atoms with E-state index in [1.54, 1.807) is 37.4 Å². The number of amides is 1. The fourth-order valence-electron chi connectivity index (χ4n) is 1.71. The zero-order valence-electron chi connectivity index (χ0n) is 11.0. The van der Waals surface area contributed by atoms with Gasteiger partial charge in [0.2, 0.25) is 0 Å². The largest absolute Gasteiger partial charge is 0.495 e. The molecular weight excluding hydrogens is 342 g/mol. The van der Waals surface area contributed by atoms with E-state index in [2.05, 4.69) is 21.2 Å². The highest BCUT2D eigenvalue weighted by Crippen LogP contribution is 2.28. The van der Waals surface area contributed by atoms with Crippen molar-refractivity contribution in [1.82, 2.24) is 0 Å². The molecule has 1 N–H and O–H groups in total. The lowest BCUT2D eigenvalue weighted by atomic mass is 10.1. The number of halogens is 2. The molecule has 0 saturated heterocycles. The van der Waals surface area contributed by atoms with Crippen molar-refractivity contribution in [2.75, 3.05) is 12.4 Å². The lowest BCUT2D eigenvalue weighted by Crippen LogP contribution is -2.12. The summed E-state index contributed by atoms with van der Waals surface area (Å²) >= 11 is 9.35. The predicted molar refractivity (Wildman–Crippen MR) is 84.8 cm³/mol. The Morgan fingerprint density at radius 3 is 2.65 bits per heavy atom. The fraction of sp³-hybridized carbons (Fsp3) is 0.133. The first-order valence-corrected chi connectivity index (χ1v) is 7.09. The highest BCUT2D eigenvalue weighted by Gasteiger charge is 2.11. The van der Waals surface area contributed by atoms with Gasteiger partial charge in [-0.05, 0) is 42.8 Å². The van der Waals surface area contributed by atoms with E-state index in [0.717, 1.165) is 10.0 Å². The lowest BCUT2D eigenvalue weighted by molar-refractivity contribution is 0.102. The van der Waals surface area contributed by atoms with Crippen LogP contribution >= 0.6 is 27.5 Å². The molecule has 0 fully saturated rings. The van der Waals surface area contributed by atoms with E-state index in [-0.39, 0.29) is 5.91 Å². The number of nitrogens with one attached hydrogen (secondary N) is 1. The minimum absolute atomic E-state index is 0.216. The maximum atomic E-state index is 12.2. The topological polar surface area (TPSA) is 38.3 Å². The molecule has 0 unspecified atom stereocenters. The minimum Gasteiger partial charge on any atom is -0.495 e. The number of benzene rings is 2. The van der Waals surface area contributed by atoms with Gasteiger partial charge in [0.1, 0.15) is 5.75 Å². The molecule has 5 heteroatoms. The molecule has 0 spiro atoms. The Bertz CT molecular complexity index is 658. The second-order valence-electron chi connectivity index (χ2n) is 4.26. The third-order valence-electron chi connectivity index (χ3n) is 2.84. The number of rotatable bonds is 3. The van der Waals surface area contributed by atoms with Crippen LogP contribution in [-0.2, 0) is 0 Å². The van der Waals surface area contributed by atoms with Gasteiger partial charge in [-0.2, -0.15) is 0 Å². The van der Waals surface area contributed by atoms with E-state index >= 15 is 0 Å². The second-order valence-corrected chi connectivity index (χ2v) is 5.55. The quantitative estimate of drug-likeness (QED) is 0.869. The molecule has 2 aromatic carbocycles. The number of aryl methyl sites for hydroxylation is 1. The van der Waals surface area contributed by atoms with Gasteiger partial charge in [0.15, 0.2) is 0 Å². The van der Waals surface area contributed by atoms with Crippen LogP contribution in [0.4, 0.5) is 5.69 Å². The summed E-state index contributed by atoms with van der Waals surface area (Å²) < 4.78 is 6.09. The normalized spacial score (nSPS) is 10.2. The molecular formula is C15H13BrClNO2. The van der Waals surface area contributed by atoms with Crippen LogP contribution < -0.4 is 10.1 Å². The van der Waals surface area contributed by atoms with Crippen molar-refractivity contribution < 1.29 is 9.53 Å². The number of methoxy groups -OCH3 is 1. The zero-order valence-corrected chi connectivity index (χ0v) is 13.4. The lowest BCUT2D eigenvalue weighted by Gasteiger charge is -2.11. The van der Waals surface area contributed by atoms with E-state index in [0.29, 0.717) is 22.0 Å². The molecule has 3 nitrogen and oxygen atoms in total. The van der Waals surface area contributed by atoms with Crippen LogP contribution in [0.5, 0.6) is 5.75 Å². The van der Waals surface area contributed by atoms with Crippen molar-refractivity contribution in [3.05, 3.63) is 57.0 Å². The molecule has 2 rings (SSSR count). The monoisotopic (exact) mass is 353 g/mol.